The molecule has 0 aromatic carbocycles. The molecule has 0 saturated heterocycles. The molecule has 1 aromatic rings. The van der Waals surface area contributed by atoms with E-state index in [0.29, 0.717) is 31.3 Å². The Morgan fingerprint density at radius 1 is 1.53 bits per heavy atom. The van der Waals surface area contributed by atoms with Crippen LogP contribution in [0.2, 0.25) is 0 Å². The normalized spacial score (nSPS) is 11.1. The predicted octanol–water partition coefficient (Wildman–Crippen LogP) is 0.704. The molecule has 0 amide bonds. The van der Waals surface area contributed by atoms with Crippen molar-refractivity contribution in [2.45, 2.75) is 26.8 Å². The van der Waals surface area contributed by atoms with Crippen LogP contribution in [0.25, 0.3) is 0 Å². The maximum absolute atomic E-state index is 11.4. The van der Waals surface area contributed by atoms with Gasteiger partial charge in [0.15, 0.2) is 0 Å². The van der Waals surface area contributed by atoms with E-state index in [-0.39, 0.29) is 5.56 Å². The number of aromatic amines is 1. The van der Waals surface area contributed by atoms with Gasteiger partial charge < -0.3 is 15.0 Å². The lowest BCUT2D eigenvalue weighted by Crippen LogP contribution is -2.22. The Morgan fingerprint density at radius 3 is 2.94 bits per heavy atom. The SMILES string of the molecule is COCCc1nc(CNCC(C)C)cc(=O)[nH]1. The van der Waals surface area contributed by atoms with Gasteiger partial charge in [0.1, 0.15) is 5.82 Å². The topological polar surface area (TPSA) is 67.0 Å². The van der Waals surface area contributed by atoms with Crippen molar-refractivity contribution in [2.24, 2.45) is 5.92 Å². The lowest BCUT2D eigenvalue weighted by Gasteiger charge is -2.07. The highest BCUT2D eigenvalue weighted by Gasteiger charge is 2.02. The second-order valence-electron chi connectivity index (χ2n) is 4.45. The third-order valence-electron chi connectivity index (χ3n) is 2.25. The lowest BCUT2D eigenvalue weighted by atomic mass is 10.2. The molecule has 0 aliphatic rings. The Hall–Kier alpha value is -1.20. The largest absolute Gasteiger partial charge is 0.384 e. The van der Waals surface area contributed by atoms with Crippen molar-refractivity contribution < 1.29 is 4.74 Å². The van der Waals surface area contributed by atoms with Crippen LogP contribution in [0.4, 0.5) is 0 Å². The van der Waals surface area contributed by atoms with Crippen LogP contribution in [0.15, 0.2) is 10.9 Å². The molecule has 17 heavy (non-hydrogen) atoms. The zero-order valence-corrected chi connectivity index (χ0v) is 10.7. The molecule has 1 heterocycles. The summed E-state index contributed by atoms with van der Waals surface area (Å²) >= 11 is 0. The number of aromatic nitrogens is 2. The predicted molar refractivity (Wildman–Crippen MR) is 67.0 cm³/mol. The van der Waals surface area contributed by atoms with Gasteiger partial charge in [0.2, 0.25) is 0 Å². The highest BCUT2D eigenvalue weighted by molar-refractivity contribution is 5.02. The van der Waals surface area contributed by atoms with E-state index in [9.17, 15) is 4.79 Å². The highest BCUT2D eigenvalue weighted by atomic mass is 16.5. The Bertz CT molecular complexity index is 388. The van der Waals surface area contributed by atoms with Crippen molar-refractivity contribution in [1.82, 2.24) is 15.3 Å². The van der Waals surface area contributed by atoms with Gasteiger partial charge in [-0.25, -0.2) is 4.98 Å². The van der Waals surface area contributed by atoms with Gasteiger partial charge >= 0.3 is 0 Å². The molecule has 0 radical (unpaired) electrons. The van der Waals surface area contributed by atoms with Crippen molar-refractivity contribution in [1.29, 1.82) is 0 Å². The molecule has 0 aliphatic carbocycles. The maximum Gasteiger partial charge on any atom is 0.251 e. The minimum absolute atomic E-state index is 0.104. The standard InChI is InChI=1S/C12H21N3O2/c1-9(2)7-13-8-10-6-12(16)15-11(14-10)4-5-17-3/h6,9,13H,4-5,7-8H2,1-3H3,(H,14,15,16). The summed E-state index contributed by atoms with van der Waals surface area (Å²) in [5.74, 6) is 1.27. The molecule has 0 spiro atoms. The number of nitrogens with zero attached hydrogens (tertiary/aromatic N) is 1. The second-order valence-corrected chi connectivity index (χ2v) is 4.45. The van der Waals surface area contributed by atoms with Crippen LogP contribution >= 0.6 is 0 Å². The van der Waals surface area contributed by atoms with Crippen molar-refractivity contribution >= 4 is 0 Å². The fraction of sp³-hybridized carbons (Fsp3) is 0.667. The first-order valence-electron chi connectivity index (χ1n) is 5.90. The fourth-order valence-electron chi connectivity index (χ4n) is 1.46. The zero-order valence-electron chi connectivity index (χ0n) is 10.7. The van der Waals surface area contributed by atoms with Crippen LogP contribution < -0.4 is 10.9 Å². The van der Waals surface area contributed by atoms with Crippen molar-refractivity contribution in [3.8, 4) is 0 Å². The Kier molecular flexibility index (Phi) is 5.86. The van der Waals surface area contributed by atoms with Gasteiger partial charge in [-0.1, -0.05) is 13.8 Å². The molecular weight excluding hydrogens is 218 g/mol. The van der Waals surface area contributed by atoms with Crippen LogP contribution in [0.3, 0.4) is 0 Å². The smallest absolute Gasteiger partial charge is 0.251 e. The van der Waals surface area contributed by atoms with Crippen molar-refractivity contribution in [3.05, 3.63) is 27.9 Å². The second kappa shape index (κ2) is 7.19. The molecule has 96 valence electrons. The molecule has 0 atom stereocenters. The van der Waals surface area contributed by atoms with Gasteiger partial charge in [0.05, 0.1) is 12.3 Å². The summed E-state index contributed by atoms with van der Waals surface area (Å²) in [5.41, 5.74) is 0.674. The summed E-state index contributed by atoms with van der Waals surface area (Å²) in [7, 11) is 1.63. The Labute approximate surface area is 102 Å². The van der Waals surface area contributed by atoms with E-state index < -0.39 is 0 Å². The third kappa shape index (κ3) is 5.60. The molecule has 1 rings (SSSR count). The van der Waals surface area contributed by atoms with Crippen LogP contribution in [-0.4, -0.2) is 30.2 Å². The van der Waals surface area contributed by atoms with Gasteiger partial charge in [-0.3, -0.25) is 4.79 Å². The Morgan fingerprint density at radius 2 is 2.29 bits per heavy atom. The van der Waals surface area contributed by atoms with Crippen LogP contribution in [0, 0.1) is 5.92 Å². The van der Waals surface area contributed by atoms with Crippen LogP contribution in [0.5, 0.6) is 0 Å². The molecule has 5 nitrogen and oxygen atoms in total. The van der Waals surface area contributed by atoms with E-state index in [2.05, 4.69) is 29.1 Å². The van der Waals surface area contributed by atoms with E-state index in [0.717, 1.165) is 12.2 Å². The van der Waals surface area contributed by atoms with Gasteiger partial charge in [-0.2, -0.15) is 0 Å². The molecule has 0 saturated carbocycles. The zero-order chi connectivity index (χ0) is 12.7. The van der Waals surface area contributed by atoms with Crippen LogP contribution in [0.1, 0.15) is 25.4 Å². The lowest BCUT2D eigenvalue weighted by molar-refractivity contribution is 0.200. The number of hydrogen-bond donors (Lipinski definition) is 2. The summed E-state index contributed by atoms with van der Waals surface area (Å²) in [4.78, 5) is 18.5. The van der Waals surface area contributed by atoms with Gasteiger partial charge in [-0.05, 0) is 12.5 Å². The minimum Gasteiger partial charge on any atom is -0.384 e. The number of nitrogens with one attached hydrogen (secondary N) is 2. The van der Waals surface area contributed by atoms with Gasteiger partial charge in [-0.15, -0.1) is 0 Å². The van der Waals surface area contributed by atoms with E-state index in [1.807, 2.05) is 0 Å². The van der Waals surface area contributed by atoms with E-state index in [1.54, 1.807) is 7.11 Å². The van der Waals surface area contributed by atoms with Gasteiger partial charge in [0.25, 0.3) is 5.56 Å². The summed E-state index contributed by atoms with van der Waals surface area (Å²) in [6, 6.07) is 1.53. The molecule has 0 aliphatic heterocycles. The number of H-pyrrole nitrogens is 1. The average Bonchev–Trinajstić information content (AvgIpc) is 2.25. The monoisotopic (exact) mass is 239 g/mol. The molecule has 0 unspecified atom stereocenters. The Balaban J connectivity index is 2.59. The molecule has 2 N–H and O–H groups in total. The third-order valence-corrected chi connectivity index (χ3v) is 2.25. The number of ether oxygens (including phenoxy) is 1. The van der Waals surface area contributed by atoms with Crippen LogP contribution in [-0.2, 0) is 17.7 Å². The van der Waals surface area contributed by atoms with Crippen molar-refractivity contribution in [2.75, 3.05) is 20.3 Å². The molecule has 5 heteroatoms. The minimum atomic E-state index is -0.104. The summed E-state index contributed by atoms with van der Waals surface area (Å²) < 4.78 is 4.96. The van der Waals surface area contributed by atoms with E-state index in [4.69, 9.17) is 4.74 Å². The first kappa shape index (κ1) is 13.9. The average molecular weight is 239 g/mol. The first-order chi connectivity index (χ1) is 8.11. The van der Waals surface area contributed by atoms with E-state index in [1.165, 1.54) is 6.07 Å². The number of rotatable bonds is 7. The number of hydrogen-bond acceptors (Lipinski definition) is 4. The number of methoxy groups -OCH3 is 1. The first-order valence-corrected chi connectivity index (χ1v) is 5.90. The molecule has 0 fully saturated rings. The highest BCUT2D eigenvalue weighted by Crippen LogP contribution is 1.95. The summed E-state index contributed by atoms with van der Waals surface area (Å²) in [6.45, 7) is 6.39. The fourth-order valence-corrected chi connectivity index (χ4v) is 1.46. The van der Waals surface area contributed by atoms with Gasteiger partial charge in [0, 0.05) is 26.1 Å². The summed E-state index contributed by atoms with van der Waals surface area (Å²) in [5, 5.41) is 3.27. The molecule has 1 aromatic heterocycles. The molecule has 0 bridgehead atoms. The maximum atomic E-state index is 11.4. The molecular formula is C12H21N3O2. The van der Waals surface area contributed by atoms with Crippen molar-refractivity contribution in [3.63, 3.8) is 0 Å². The quantitative estimate of drug-likeness (QED) is 0.735. The van der Waals surface area contributed by atoms with E-state index >= 15 is 0 Å². The summed E-state index contributed by atoms with van der Waals surface area (Å²) in [6.07, 6.45) is 0.629.